The fourth-order valence-corrected chi connectivity index (χ4v) is 3.71. The number of rotatable bonds is 10. The lowest BCUT2D eigenvalue weighted by Gasteiger charge is -2.24. The van der Waals surface area contributed by atoms with Crippen LogP contribution in [0.3, 0.4) is 0 Å². The van der Waals surface area contributed by atoms with Gasteiger partial charge in [0.05, 0.1) is 0 Å². The molecular weight excluding hydrogens is 270 g/mol. The molecule has 0 saturated carbocycles. The van der Waals surface area contributed by atoms with Crippen LogP contribution in [0.2, 0.25) is 6.04 Å². The van der Waals surface area contributed by atoms with E-state index in [1.54, 1.807) is 21.3 Å². The Balaban J connectivity index is 2.25. The van der Waals surface area contributed by atoms with E-state index in [2.05, 4.69) is 36.2 Å². The quantitative estimate of drug-likeness (QED) is 0.532. The molecule has 0 saturated heterocycles. The van der Waals surface area contributed by atoms with Crippen LogP contribution in [-0.2, 0) is 19.8 Å². The van der Waals surface area contributed by atoms with E-state index in [-0.39, 0.29) is 0 Å². The predicted octanol–water partition coefficient (Wildman–Crippen LogP) is 2.69. The summed E-state index contributed by atoms with van der Waals surface area (Å²) in [5, 5.41) is 3.41. The van der Waals surface area contributed by atoms with Crippen LogP contribution >= 0.6 is 0 Å². The molecule has 1 rings (SSSR count). The van der Waals surface area contributed by atoms with Crippen LogP contribution in [0.1, 0.15) is 17.5 Å². The van der Waals surface area contributed by atoms with E-state index in [0.717, 1.165) is 31.1 Å². The third-order valence-corrected chi connectivity index (χ3v) is 6.15. The molecule has 0 unspecified atom stereocenters. The van der Waals surface area contributed by atoms with Crippen molar-refractivity contribution in [2.45, 2.75) is 19.0 Å². The van der Waals surface area contributed by atoms with Crippen molar-refractivity contribution in [1.29, 1.82) is 0 Å². The highest BCUT2D eigenvalue weighted by Gasteiger charge is 2.36. The molecule has 0 aliphatic rings. The van der Waals surface area contributed by atoms with Gasteiger partial charge in [0.2, 0.25) is 0 Å². The number of hydrogen-bond acceptors (Lipinski definition) is 4. The standard InChI is InChI=1S/C15H25NO3Si/c1-5-14-7-9-15(10-8-14)13-16-11-6-12-20(17-2,18-3)19-4/h5,7-10,16H,1,6,11-13H2,2-4H3. The van der Waals surface area contributed by atoms with E-state index in [0.29, 0.717) is 0 Å². The summed E-state index contributed by atoms with van der Waals surface area (Å²) in [6, 6.07) is 9.19. The summed E-state index contributed by atoms with van der Waals surface area (Å²) >= 11 is 0. The minimum atomic E-state index is -2.41. The smallest absolute Gasteiger partial charge is 0.377 e. The molecule has 0 heterocycles. The highest BCUT2D eigenvalue weighted by molar-refractivity contribution is 6.60. The second-order valence-corrected chi connectivity index (χ2v) is 7.61. The summed E-state index contributed by atoms with van der Waals surface area (Å²) < 4.78 is 16.2. The lowest BCUT2D eigenvalue weighted by molar-refractivity contribution is 0.123. The lowest BCUT2D eigenvalue weighted by atomic mass is 10.1. The molecule has 4 nitrogen and oxygen atoms in total. The highest BCUT2D eigenvalue weighted by atomic mass is 28.4. The third-order valence-electron chi connectivity index (χ3n) is 3.31. The Morgan fingerprint density at radius 1 is 1.10 bits per heavy atom. The maximum absolute atomic E-state index is 5.38. The number of benzene rings is 1. The van der Waals surface area contributed by atoms with Crippen molar-refractivity contribution in [3.63, 3.8) is 0 Å². The molecule has 1 N–H and O–H groups in total. The van der Waals surface area contributed by atoms with E-state index in [9.17, 15) is 0 Å². The molecule has 0 atom stereocenters. The fraction of sp³-hybridized carbons (Fsp3) is 0.467. The Kier molecular flexibility index (Phi) is 7.72. The van der Waals surface area contributed by atoms with Crippen molar-refractivity contribution in [3.8, 4) is 0 Å². The maximum atomic E-state index is 5.38. The summed E-state index contributed by atoms with van der Waals surface area (Å²) in [5.41, 5.74) is 2.41. The molecule has 112 valence electrons. The third kappa shape index (κ3) is 5.18. The molecule has 0 spiro atoms. The predicted molar refractivity (Wildman–Crippen MR) is 84.4 cm³/mol. The Labute approximate surface area is 123 Å². The van der Waals surface area contributed by atoms with Gasteiger partial charge in [-0.25, -0.2) is 0 Å². The van der Waals surface area contributed by atoms with Gasteiger partial charge in [-0.2, -0.15) is 0 Å². The van der Waals surface area contributed by atoms with E-state index in [1.165, 1.54) is 5.56 Å². The first-order chi connectivity index (χ1) is 9.69. The topological polar surface area (TPSA) is 39.7 Å². The van der Waals surface area contributed by atoms with Crippen molar-refractivity contribution in [3.05, 3.63) is 42.0 Å². The van der Waals surface area contributed by atoms with Gasteiger partial charge >= 0.3 is 8.80 Å². The zero-order valence-corrected chi connectivity index (χ0v) is 13.6. The van der Waals surface area contributed by atoms with Crippen LogP contribution in [0.25, 0.3) is 6.08 Å². The summed E-state index contributed by atoms with van der Waals surface area (Å²) in [5.74, 6) is 0. The van der Waals surface area contributed by atoms with Crippen molar-refractivity contribution in [2.75, 3.05) is 27.9 Å². The molecule has 1 aromatic rings. The van der Waals surface area contributed by atoms with Gasteiger partial charge in [-0.3, -0.25) is 0 Å². The van der Waals surface area contributed by atoms with Crippen molar-refractivity contribution in [2.24, 2.45) is 0 Å². The fourth-order valence-electron chi connectivity index (χ4n) is 1.99. The SMILES string of the molecule is C=Cc1ccc(CNCCC[Si](OC)(OC)OC)cc1. The summed E-state index contributed by atoms with van der Waals surface area (Å²) in [7, 11) is 2.53. The number of hydrogen-bond donors (Lipinski definition) is 1. The monoisotopic (exact) mass is 295 g/mol. The van der Waals surface area contributed by atoms with Gasteiger partial charge in [-0.15, -0.1) is 0 Å². The molecule has 0 amide bonds. The number of nitrogens with one attached hydrogen (secondary N) is 1. The molecule has 20 heavy (non-hydrogen) atoms. The minimum absolute atomic E-state index is 0.818. The lowest BCUT2D eigenvalue weighted by Crippen LogP contribution is -2.43. The van der Waals surface area contributed by atoms with Gasteiger partial charge in [0, 0.05) is 33.9 Å². The van der Waals surface area contributed by atoms with Gasteiger partial charge in [0.1, 0.15) is 0 Å². The summed E-state index contributed by atoms with van der Waals surface area (Å²) in [4.78, 5) is 0. The Morgan fingerprint density at radius 3 is 2.20 bits per heavy atom. The van der Waals surface area contributed by atoms with Crippen molar-refractivity contribution < 1.29 is 13.3 Å². The molecule has 0 radical (unpaired) electrons. The van der Waals surface area contributed by atoms with Gasteiger partial charge in [0.25, 0.3) is 0 Å². The van der Waals surface area contributed by atoms with Crippen LogP contribution in [0.4, 0.5) is 0 Å². The molecular formula is C15H25NO3Si. The molecule has 0 bridgehead atoms. The van der Waals surface area contributed by atoms with E-state index in [4.69, 9.17) is 13.3 Å². The molecule has 1 aromatic carbocycles. The minimum Gasteiger partial charge on any atom is -0.377 e. The van der Waals surface area contributed by atoms with Gasteiger partial charge in [-0.05, 0) is 24.1 Å². The summed E-state index contributed by atoms with van der Waals surface area (Å²) in [6.45, 7) is 5.52. The molecule has 0 fully saturated rings. The average molecular weight is 295 g/mol. The van der Waals surface area contributed by atoms with Crippen molar-refractivity contribution in [1.82, 2.24) is 5.32 Å². The molecule has 0 aromatic heterocycles. The molecule has 0 aliphatic carbocycles. The average Bonchev–Trinajstić information content (AvgIpc) is 2.52. The van der Waals surface area contributed by atoms with E-state index >= 15 is 0 Å². The normalized spacial score (nSPS) is 11.6. The Bertz CT molecular complexity index is 382. The first-order valence-corrected chi connectivity index (χ1v) is 8.70. The van der Waals surface area contributed by atoms with E-state index < -0.39 is 8.80 Å². The van der Waals surface area contributed by atoms with Gasteiger partial charge in [0.15, 0.2) is 0 Å². The largest absolute Gasteiger partial charge is 0.500 e. The van der Waals surface area contributed by atoms with Crippen LogP contribution in [-0.4, -0.2) is 36.7 Å². The van der Waals surface area contributed by atoms with Crippen LogP contribution in [0.5, 0.6) is 0 Å². The molecule has 0 aliphatic heterocycles. The van der Waals surface area contributed by atoms with Gasteiger partial charge in [-0.1, -0.05) is 36.9 Å². The zero-order valence-electron chi connectivity index (χ0n) is 12.6. The van der Waals surface area contributed by atoms with Gasteiger partial charge < -0.3 is 18.6 Å². The Morgan fingerprint density at radius 2 is 1.70 bits per heavy atom. The second-order valence-electron chi connectivity index (χ2n) is 4.52. The first-order valence-electron chi connectivity index (χ1n) is 6.77. The first kappa shape index (κ1) is 17.1. The van der Waals surface area contributed by atoms with E-state index in [1.807, 2.05) is 6.08 Å². The summed E-state index contributed by atoms with van der Waals surface area (Å²) in [6.07, 6.45) is 2.81. The zero-order chi connectivity index (χ0) is 14.8. The molecule has 5 heteroatoms. The highest BCUT2D eigenvalue weighted by Crippen LogP contribution is 2.14. The van der Waals surface area contributed by atoms with Crippen molar-refractivity contribution >= 4 is 14.9 Å². The van der Waals surface area contributed by atoms with Crippen LogP contribution in [0.15, 0.2) is 30.8 Å². The van der Waals surface area contributed by atoms with Crippen LogP contribution < -0.4 is 5.32 Å². The second kappa shape index (κ2) is 9.04. The maximum Gasteiger partial charge on any atom is 0.500 e. The Hall–Kier alpha value is -0.983. The van der Waals surface area contributed by atoms with Crippen LogP contribution in [0, 0.1) is 0 Å².